The molecule has 0 radical (unpaired) electrons. The van der Waals surface area contributed by atoms with E-state index in [1.807, 2.05) is 0 Å². The molecule has 3 rings (SSSR count). The first-order chi connectivity index (χ1) is 18.9. The number of carbonyl (C=O) groups excluding carboxylic acids is 5. The summed E-state index contributed by atoms with van der Waals surface area (Å²) < 4.78 is 15.0. The summed E-state index contributed by atoms with van der Waals surface area (Å²) in [6.45, 7) is 4.11. The third kappa shape index (κ3) is 6.90. The lowest BCUT2D eigenvalue weighted by Gasteiger charge is -2.49. The summed E-state index contributed by atoms with van der Waals surface area (Å²) in [6.07, 6.45) is 2.33. The zero-order valence-corrected chi connectivity index (χ0v) is 23.6. The second-order valence-corrected chi connectivity index (χ2v) is 11.2. The molecule has 1 fully saturated rings. The van der Waals surface area contributed by atoms with Crippen molar-refractivity contribution in [1.82, 2.24) is 20.5 Å². The highest BCUT2D eigenvalue weighted by Crippen LogP contribution is 2.41. The van der Waals surface area contributed by atoms with Crippen LogP contribution in [0.1, 0.15) is 26.5 Å². The number of hydrogen-bond donors (Lipinski definition) is 4. The number of thioether (sulfide) groups is 1. The number of anilines is 1. The minimum atomic E-state index is -1.06. The molecule has 0 bridgehead atoms. The molecular weight excluding hydrogens is 568 g/mol. The molecule has 40 heavy (non-hydrogen) atoms. The molecule has 15 nitrogen and oxygen atoms in total. The number of amides is 3. The number of aromatic nitrogens is 1. The van der Waals surface area contributed by atoms with Crippen LogP contribution in [0.2, 0.25) is 0 Å². The molecule has 216 valence electrons. The molecule has 17 heteroatoms. The van der Waals surface area contributed by atoms with Gasteiger partial charge in [-0.3, -0.25) is 19.3 Å². The summed E-state index contributed by atoms with van der Waals surface area (Å²) in [6, 6.07) is -1.06. The molecule has 3 amide bonds. The van der Waals surface area contributed by atoms with Crippen LogP contribution in [0.15, 0.2) is 34.0 Å². The number of allylic oxidation sites excluding steroid dienone is 1. The van der Waals surface area contributed by atoms with E-state index < -0.39 is 59.2 Å². The monoisotopic (exact) mass is 596 g/mol. The van der Waals surface area contributed by atoms with Crippen LogP contribution in [0, 0.1) is 5.41 Å². The molecule has 3 heterocycles. The number of thiazole rings is 1. The zero-order chi connectivity index (χ0) is 29.6. The molecule has 0 saturated carbocycles. The topological polar surface area (TPSA) is 212 Å². The zero-order valence-electron chi connectivity index (χ0n) is 22.0. The van der Waals surface area contributed by atoms with Crippen LogP contribution in [-0.2, 0) is 33.4 Å². The smallest absolute Gasteiger partial charge is 0.407 e. The van der Waals surface area contributed by atoms with Crippen LogP contribution in [0.25, 0.3) is 0 Å². The Morgan fingerprint density at radius 3 is 2.60 bits per heavy atom. The van der Waals surface area contributed by atoms with Gasteiger partial charge in [0.2, 0.25) is 6.79 Å². The van der Waals surface area contributed by atoms with Gasteiger partial charge in [0.25, 0.3) is 11.8 Å². The molecule has 2 atom stereocenters. The lowest BCUT2D eigenvalue weighted by Crippen LogP contribution is -2.71. The van der Waals surface area contributed by atoms with Crippen molar-refractivity contribution < 1.29 is 43.4 Å². The highest BCUT2D eigenvalue weighted by Gasteiger charge is 2.54. The van der Waals surface area contributed by atoms with E-state index in [9.17, 15) is 29.2 Å². The Morgan fingerprint density at radius 1 is 1.27 bits per heavy atom. The van der Waals surface area contributed by atoms with E-state index in [1.54, 1.807) is 20.8 Å². The fraction of sp³-hybridized carbons (Fsp3) is 0.435. The third-order valence-electron chi connectivity index (χ3n) is 5.38. The van der Waals surface area contributed by atoms with E-state index in [0.29, 0.717) is 5.57 Å². The predicted octanol–water partition coefficient (Wildman–Crippen LogP) is 0.560. The number of alkyl carbamates (subject to hydrolysis) is 1. The number of oxime groups is 1. The number of rotatable bonds is 9. The number of nitrogens with two attached hydrogens (primary N) is 1. The number of hydrogen-bond acceptors (Lipinski definition) is 14. The maximum absolute atomic E-state index is 13.1. The van der Waals surface area contributed by atoms with Crippen LogP contribution >= 0.6 is 23.1 Å². The summed E-state index contributed by atoms with van der Waals surface area (Å²) in [5.41, 5.74) is 4.61. The van der Waals surface area contributed by atoms with Gasteiger partial charge in [0, 0.05) is 18.2 Å². The number of esters is 2. The van der Waals surface area contributed by atoms with Crippen LogP contribution in [-0.4, -0.2) is 88.3 Å². The summed E-state index contributed by atoms with van der Waals surface area (Å²) in [5.74, 6) is -2.82. The molecule has 5 N–H and O–H groups in total. The standard InChI is InChI=1S/C23H28N6O9S2/c1-23(2,3)20(33)38-10-37-19(32)15-11(6-5-7-36-22(34)25-4)8-39-18-14(17(31)29(15)18)27-16(30)13(28-35)12-9-40-21(24)26-12/h5-6,9,14,18,35H,7-8,10H2,1-4H3,(H2,24,26)(H,25,34)(H,27,30)/b6-5-,28-13-/t14?,18-/m1/s1. The normalized spacial score (nSPS) is 19.1. The van der Waals surface area contributed by atoms with Crippen molar-refractivity contribution in [2.75, 3.05) is 31.9 Å². The van der Waals surface area contributed by atoms with Crippen LogP contribution in [0.4, 0.5) is 9.93 Å². The molecule has 0 aromatic carbocycles. The number of ether oxygens (including phenoxy) is 3. The Hall–Kier alpha value is -4.12. The van der Waals surface area contributed by atoms with Crippen LogP contribution in [0.5, 0.6) is 0 Å². The minimum Gasteiger partial charge on any atom is -0.445 e. The van der Waals surface area contributed by atoms with Gasteiger partial charge in [0.15, 0.2) is 10.8 Å². The van der Waals surface area contributed by atoms with Crippen molar-refractivity contribution in [3.05, 3.63) is 34.5 Å². The van der Waals surface area contributed by atoms with E-state index >= 15 is 0 Å². The SMILES string of the molecule is CNC(=O)OC/C=C\C1=C(C(=O)OCOC(=O)C(C)(C)C)N2C(=O)C(NC(=O)/C(=N\O)c3csc(N)n3)[C@H]2SC1. The van der Waals surface area contributed by atoms with Crippen molar-refractivity contribution in [2.45, 2.75) is 32.2 Å². The lowest BCUT2D eigenvalue weighted by atomic mass is 9.98. The summed E-state index contributed by atoms with van der Waals surface area (Å²) in [5, 5.41) is 18.0. The Bertz CT molecular complexity index is 1280. The van der Waals surface area contributed by atoms with E-state index in [0.717, 1.165) is 16.2 Å². The Labute approximate surface area is 236 Å². The molecule has 1 aromatic rings. The van der Waals surface area contributed by atoms with E-state index in [-0.39, 0.29) is 28.9 Å². The van der Waals surface area contributed by atoms with Gasteiger partial charge in [0.1, 0.15) is 29.4 Å². The number of nitrogens with zero attached hydrogens (tertiary/aromatic N) is 3. The van der Waals surface area contributed by atoms with Gasteiger partial charge in [-0.2, -0.15) is 0 Å². The number of nitrogens with one attached hydrogen (secondary N) is 2. The molecule has 1 unspecified atom stereocenters. The molecule has 2 aliphatic heterocycles. The molecule has 2 aliphatic rings. The molecule has 0 aliphatic carbocycles. The molecular formula is C23H28N6O9S2. The Kier molecular flexibility index (Phi) is 9.75. The van der Waals surface area contributed by atoms with Crippen LogP contribution in [0.3, 0.4) is 0 Å². The van der Waals surface area contributed by atoms with Gasteiger partial charge in [-0.05, 0) is 32.4 Å². The van der Waals surface area contributed by atoms with Gasteiger partial charge in [-0.25, -0.2) is 14.6 Å². The van der Waals surface area contributed by atoms with Gasteiger partial charge in [0.05, 0.1) is 5.41 Å². The summed E-state index contributed by atoms with van der Waals surface area (Å²) in [7, 11) is 1.40. The average Bonchev–Trinajstić information content (AvgIpc) is 3.34. The first-order valence-electron chi connectivity index (χ1n) is 11.7. The van der Waals surface area contributed by atoms with Crippen molar-refractivity contribution in [3.63, 3.8) is 0 Å². The fourth-order valence-corrected chi connectivity index (χ4v) is 5.25. The first-order valence-corrected chi connectivity index (χ1v) is 13.6. The summed E-state index contributed by atoms with van der Waals surface area (Å²) >= 11 is 2.28. The van der Waals surface area contributed by atoms with E-state index in [2.05, 4.69) is 20.8 Å². The lowest BCUT2D eigenvalue weighted by molar-refractivity contribution is -0.173. The van der Waals surface area contributed by atoms with Gasteiger partial charge < -0.3 is 35.8 Å². The highest BCUT2D eigenvalue weighted by molar-refractivity contribution is 8.00. The fourth-order valence-electron chi connectivity index (χ4n) is 3.39. The van der Waals surface area contributed by atoms with E-state index in [1.165, 1.54) is 36.3 Å². The quantitative estimate of drug-likeness (QED) is 0.0769. The maximum Gasteiger partial charge on any atom is 0.407 e. The average molecular weight is 597 g/mol. The number of nitrogen functional groups attached to an aromatic ring is 1. The van der Waals surface area contributed by atoms with Gasteiger partial charge in [-0.15, -0.1) is 23.1 Å². The van der Waals surface area contributed by atoms with Gasteiger partial charge >= 0.3 is 18.0 Å². The first kappa shape index (κ1) is 30.4. The highest BCUT2D eigenvalue weighted by atomic mass is 32.2. The van der Waals surface area contributed by atoms with Crippen molar-refractivity contribution in [1.29, 1.82) is 0 Å². The third-order valence-corrected chi connectivity index (χ3v) is 7.36. The Morgan fingerprint density at radius 2 is 2.00 bits per heavy atom. The number of fused-ring (bicyclic) bond motifs is 1. The van der Waals surface area contributed by atoms with Gasteiger partial charge in [-0.1, -0.05) is 11.2 Å². The second-order valence-electron chi connectivity index (χ2n) is 9.24. The van der Waals surface area contributed by atoms with Crippen molar-refractivity contribution in [3.8, 4) is 0 Å². The molecule has 1 aromatic heterocycles. The Balaban J connectivity index is 1.77. The van der Waals surface area contributed by atoms with Crippen molar-refractivity contribution >= 4 is 63.8 Å². The largest absolute Gasteiger partial charge is 0.445 e. The van der Waals surface area contributed by atoms with Crippen LogP contribution < -0.4 is 16.4 Å². The van der Waals surface area contributed by atoms with E-state index in [4.69, 9.17) is 19.9 Å². The molecule has 0 spiro atoms. The summed E-state index contributed by atoms with van der Waals surface area (Å²) in [4.78, 5) is 67.4. The maximum atomic E-state index is 13.1. The number of carbonyl (C=O) groups is 5. The number of β-lactam (4-membered cyclic amide) rings is 1. The second kappa shape index (κ2) is 12.8. The predicted molar refractivity (Wildman–Crippen MR) is 143 cm³/mol. The van der Waals surface area contributed by atoms with Crippen molar-refractivity contribution in [2.24, 2.45) is 10.6 Å². The molecule has 1 saturated heterocycles. The minimum absolute atomic E-state index is 0.0304.